The number of phenolic OH excluding ortho intramolecular Hbond substituents is 2. The second kappa shape index (κ2) is 4.31. The maximum absolute atomic E-state index is 11.0. The number of hydrogen-bond donors (Lipinski definition) is 4. The van der Waals surface area contributed by atoms with Crippen molar-refractivity contribution in [2.45, 2.75) is 9.79 Å². The van der Waals surface area contributed by atoms with Crippen LogP contribution < -0.4 is 0 Å². The Morgan fingerprint density at radius 2 is 1.50 bits per heavy atom. The number of hydrogen-bond acceptors (Lipinski definition) is 6. The molecule has 0 unspecified atom stereocenters. The van der Waals surface area contributed by atoms with Crippen LogP contribution in [0.3, 0.4) is 0 Å². The smallest absolute Gasteiger partial charge is 0.295 e. The first-order valence-corrected chi connectivity index (χ1v) is 7.75. The van der Waals surface area contributed by atoms with Crippen LogP contribution in [0, 0.1) is 6.07 Å². The molecule has 0 amide bonds. The van der Waals surface area contributed by atoms with Crippen LogP contribution in [0.2, 0.25) is 0 Å². The lowest BCUT2D eigenvalue weighted by molar-refractivity contribution is 0.456. The van der Waals surface area contributed by atoms with E-state index in [0.717, 1.165) is 12.1 Å². The Hall–Kier alpha value is -1.88. The van der Waals surface area contributed by atoms with Gasteiger partial charge in [-0.1, -0.05) is 0 Å². The average Bonchev–Trinajstić information content (AvgIpc) is 2.25. The molecule has 0 spiro atoms. The normalized spacial score (nSPS) is 12.7. The first-order valence-electron chi connectivity index (χ1n) is 4.87. The minimum Gasteiger partial charge on any atom is -0.507 e. The average molecular weight is 319 g/mol. The molecule has 0 bridgehead atoms. The van der Waals surface area contributed by atoms with Gasteiger partial charge in [0.1, 0.15) is 16.4 Å². The van der Waals surface area contributed by atoms with Crippen LogP contribution in [0.4, 0.5) is 0 Å². The molecule has 0 aromatic heterocycles. The van der Waals surface area contributed by atoms with E-state index in [0.29, 0.717) is 6.07 Å². The van der Waals surface area contributed by atoms with Gasteiger partial charge in [-0.2, -0.15) is 16.8 Å². The van der Waals surface area contributed by atoms with E-state index in [1.807, 2.05) is 6.07 Å². The van der Waals surface area contributed by atoms with Crippen molar-refractivity contribution in [2.75, 3.05) is 0 Å². The van der Waals surface area contributed by atoms with Gasteiger partial charge >= 0.3 is 0 Å². The summed E-state index contributed by atoms with van der Waals surface area (Å²) < 4.78 is 61.7. The molecular weight excluding hydrogens is 312 g/mol. The highest BCUT2D eigenvalue weighted by Crippen LogP contribution is 2.36. The molecule has 0 saturated carbocycles. The van der Waals surface area contributed by atoms with Crippen molar-refractivity contribution < 1.29 is 36.2 Å². The minimum absolute atomic E-state index is 0.221. The van der Waals surface area contributed by atoms with Crippen LogP contribution in [0.5, 0.6) is 11.5 Å². The molecule has 1 radical (unpaired) electrons. The summed E-state index contributed by atoms with van der Waals surface area (Å²) in [6, 6.07) is 4.23. The standard InChI is InChI=1S/C10H7O8S2/c11-8-3-6(19(13,14)15)1-5-2-7(20(16,17)18)4-9(12)10(5)8/h1-3,11-12H,(H,13,14,15)(H,16,17,18). The van der Waals surface area contributed by atoms with Crippen molar-refractivity contribution in [2.24, 2.45) is 0 Å². The molecule has 10 heteroatoms. The fraction of sp³-hybridized carbons (Fsp3) is 0. The number of rotatable bonds is 2. The van der Waals surface area contributed by atoms with E-state index >= 15 is 0 Å². The molecule has 2 aromatic rings. The fourth-order valence-corrected chi connectivity index (χ4v) is 2.68. The Morgan fingerprint density at radius 1 is 0.900 bits per heavy atom. The molecule has 0 atom stereocenters. The number of aromatic hydroxyl groups is 2. The van der Waals surface area contributed by atoms with Gasteiger partial charge in [0.15, 0.2) is 0 Å². The van der Waals surface area contributed by atoms with Gasteiger partial charge in [-0.05, 0) is 17.5 Å². The Morgan fingerprint density at radius 3 is 2.00 bits per heavy atom. The zero-order chi connectivity index (χ0) is 15.3. The number of phenols is 2. The summed E-state index contributed by atoms with van der Waals surface area (Å²) in [5.74, 6) is -1.50. The van der Waals surface area contributed by atoms with Crippen molar-refractivity contribution in [3.63, 3.8) is 0 Å². The largest absolute Gasteiger partial charge is 0.507 e. The second-order valence-corrected chi connectivity index (χ2v) is 6.65. The number of benzene rings is 2. The van der Waals surface area contributed by atoms with Crippen LogP contribution in [-0.4, -0.2) is 36.2 Å². The van der Waals surface area contributed by atoms with Crippen molar-refractivity contribution in [1.82, 2.24) is 0 Å². The van der Waals surface area contributed by atoms with Gasteiger partial charge < -0.3 is 10.2 Å². The summed E-state index contributed by atoms with van der Waals surface area (Å²) in [6.45, 7) is 0. The molecule has 20 heavy (non-hydrogen) atoms. The Bertz CT molecular complexity index is 839. The SMILES string of the molecule is O=S(=O)(O)c1[c]c(O)c2c(O)cc(S(=O)(=O)O)cc2c1. The number of fused-ring (bicyclic) bond motifs is 1. The third-order valence-electron chi connectivity index (χ3n) is 2.46. The Balaban J connectivity index is 2.95. The van der Waals surface area contributed by atoms with E-state index < -0.39 is 41.5 Å². The fourth-order valence-electron chi connectivity index (χ4n) is 1.64. The van der Waals surface area contributed by atoms with Gasteiger partial charge in [0.05, 0.1) is 16.3 Å². The molecule has 0 saturated heterocycles. The maximum Gasteiger partial charge on any atom is 0.295 e. The minimum atomic E-state index is -4.69. The summed E-state index contributed by atoms with van der Waals surface area (Å²) in [6.07, 6.45) is 0. The second-order valence-electron chi connectivity index (χ2n) is 3.84. The maximum atomic E-state index is 11.0. The Labute approximate surface area is 113 Å². The van der Waals surface area contributed by atoms with Crippen molar-refractivity contribution in [1.29, 1.82) is 0 Å². The lowest BCUT2D eigenvalue weighted by atomic mass is 10.1. The van der Waals surface area contributed by atoms with Crippen molar-refractivity contribution >= 4 is 31.0 Å². The lowest BCUT2D eigenvalue weighted by Crippen LogP contribution is -2.00. The molecule has 8 nitrogen and oxygen atoms in total. The van der Waals surface area contributed by atoms with Gasteiger partial charge in [-0.25, -0.2) is 0 Å². The summed E-state index contributed by atoms with van der Waals surface area (Å²) >= 11 is 0. The molecule has 0 aliphatic heterocycles. The van der Waals surface area contributed by atoms with E-state index in [1.165, 1.54) is 0 Å². The molecule has 2 aromatic carbocycles. The van der Waals surface area contributed by atoms with Gasteiger partial charge in [-0.15, -0.1) is 0 Å². The van der Waals surface area contributed by atoms with Gasteiger partial charge in [0.25, 0.3) is 20.2 Å². The molecule has 0 aliphatic rings. The monoisotopic (exact) mass is 319 g/mol. The van der Waals surface area contributed by atoms with E-state index in [9.17, 15) is 27.0 Å². The molecule has 0 aliphatic carbocycles. The first-order chi connectivity index (χ1) is 9.00. The summed E-state index contributed by atoms with van der Waals surface area (Å²) in [7, 11) is -9.33. The summed E-state index contributed by atoms with van der Waals surface area (Å²) in [4.78, 5) is -1.51. The van der Waals surface area contributed by atoms with Gasteiger partial charge in [0.2, 0.25) is 0 Å². The topological polar surface area (TPSA) is 149 Å². The van der Waals surface area contributed by atoms with Crippen LogP contribution in [0.15, 0.2) is 28.0 Å². The third kappa shape index (κ3) is 2.54. The van der Waals surface area contributed by atoms with E-state index in [-0.39, 0.29) is 10.8 Å². The highest BCUT2D eigenvalue weighted by molar-refractivity contribution is 7.86. The van der Waals surface area contributed by atoms with Gasteiger partial charge in [-0.3, -0.25) is 9.11 Å². The third-order valence-corrected chi connectivity index (χ3v) is 4.07. The molecule has 107 valence electrons. The van der Waals surface area contributed by atoms with Crippen LogP contribution in [0.25, 0.3) is 10.8 Å². The summed E-state index contributed by atoms with van der Waals surface area (Å²) in [5.41, 5.74) is 0. The van der Waals surface area contributed by atoms with Crippen molar-refractivity contribution in [3.05, 3.63) is 24.3 Å². The predicted molar refractivity (Wildman–Crippen MR) is 65.7 cm³/mol. The van der Waals surface area contributed by atoms with Crippen molar-refractivity contribution in [3.8, 4) is 11.5 Å². The van der Waals surface area contributed by atoms with Crippen LogP contribution in [0.1, 0.15) is 0 Å². The molecule has 4 N–H and O–H groups in total. The quantitative estimate of drug-likeness (QED) is 0.586. The zero-order valence-corrected chi connectivity index (χ0v) is 11.1. The lowest BCUT2D eigenvalue weighted by Gasteiger charge is -2.07. The van der Waals surface area contributed by atoms with Gasteiger partial charge in [0, 0.05) is 6.07 Å². The highest BCUT2D eigenvalue weighted by Gasteiger charge is 2.19. The predicted octanol–water partition coefficient (Wildman–Crippen LogP) is 0.545. The van der Waals surface area contributed by atoms with Crippen LogP contribution in [-0.2, 0) is 20.2 Å². The van der Waals surface area contributed by atoms with E-state index in [4.69, 9.17) is 9.11 Å². The van der Waals surface area contributed by atoms with Crippen LogP contribution >= 0.6 is 0 Å². The molecule has 0 fully saturated rings. The zero-order valence-electron chi connectivity index (χ0n) is 9.47. The van der Waals surface area contributed by atoms with E-state index in [2.05, 4.69) is 0 Å². The Kier molecular flexibility index (Phi) is 3.13. The highest BCUT2D eigenvalue weighted by atomic mass is 32.2. The first kappa shape index (κ1) is 14.5. The van der Waals surface area contributed by atoms with E-state index in [1.54, 1.807) is 0 Å². The summed E-state index contributed by atoms with van der Waals surface area (Å²) in [5, 5.41) is 18.7. The molecule has 2 rings (SSSR count). The molecular formula is C10H7O8S2. The molecule has 0 heterocycles.